The van der Waals surface area contributed by atoms with Gasteiger partial charge in [0.2, 0.25) is 23.6 Å². The molecule has 6 saturated heterocycles. The number of hydrogen-bond acceptors (Lipinski definition) is 17. The molecule has 4 saturated carbocycles. The van der Waals surface area contributed by atoms with Crippen molar-refractivity contribution in [1.82, 2.24) is 52.3 Å². The standard InChI is InChI=1S/C65H91N7O8S.C49H66N4O5/c1-40-35-54-59(42(3)65(80-54)30-28-48-49-26-25-46-36-47(73)27-29-64(46,4)51(49)37-50(48)41(65)2)72(38-40)34-33-68-62(78)52(69-61(77)45-23-21-44(22-24-45)60(76)43-15-7-5-8-16-43)17-12-14-32-67-56(74)19-9-6-13-31-66-57(75)20-11-10-18-55-58-53(39-81-55)70-63(79)71-58;1-30-26-43-44(32(3)49(58-43)22-20-38-39-18-17-36-27-37(54)19-21-48(36,4)41(39)28-40(38)31(49)2)53(29-30)25-24-51-47(57)42(12-8-9-23-50)52-46(56)35-15-13-34(14-16-35)45(55)33-10-6-5-7-11-33/h5,7-8,15-16,21-25,40,42,47-49,51-55,58-59,73H,6,9-14,17-20,26-39H2,1-4H3,(H,66,75)(H,67,74)(H,68,78)(H,69,77)(H2,70,71,79);5-7,10-11,13-17,30,32,37-39,41-44,54H,8-9,12,18-29,50H2,1-4H3,(H,51,57)(H,52,56)/t40-,42+,47-,48-,49-,51-,52?,53-,54+,55-,58-,59-,64-,65-;30-,32+,37-,38-,39-,41-,42?,43+,44-,48-,49-/m00/s1. The van der Waals surface area contributed by atoms with Crippen LogP contribution in [-0.4, -0.2) is 215 Å². The van der Waals surface area contributed by atoms with Crippen LogP contribution in [0.4, 0.5) is 4.79 Å². The topological polar surface area (TPSA) is 341 Å². The van der Waals surface area contributed by atoms with Gasteiger partial charge in [0.15, 0.2) is 11.6 Å². The largest absolute Gasteiger partial charge is 0.393 e. The minimum atomic E-state index is -0.810. The van der Waals surface area contributed by atoms with Gasteiger partial charge in [-0.1, -0.05) is 174 Å². The van der Waals surface area contributed by atoms with Crippen LogP contribution in [0.5, 0.6) is 0 Å². The minimum Gasteiger partial charge on any atom is -0.393 e. The molecular weight excluding hydrogens is 1760 g/mol. The van der Waals surface area contributed by atoms with E-state index >= 15 is 0 Å². The molecule has 8 amide bonds. The first-order chi connectivity index (χ1) is 67.0. The first kappa shape index (κ1) is 102. The van der Waals surface area contributed by atoms with Gasteiger partial charge in [0.05, 0.1) is 47.7 Å². The lowest BCUT2D eigenvalue weighted by atomic mass is 9.56. The van der Waals surface area contributed by atoms with Crippen molar-refractivity contribution < 1.29 is 62.8 Å². The number of fused-ring (bicyclic) bond motifs is 13. The summed E-state index contributed by atoms with van der Waals surface area (Å²) in [6.07, 6.45) is 31.3. The number of aliphatic hydroxyl groups excluding tert-OH is 2. The number of aliphatic hydroxyl groups is 2. The van der Waals surface area contributed by atoms with Crippen LogP contribution in [0.15, 0.2) is 155 Å². The highest BCUT2D eigenvalue weighted by Gasteiger charge is 2.65. The number of ether oxygens (including phenoxy) is 2. The number of ketones is 2. The number of allylic oxidation sites excluding steroid dienone is 4. The second kappa shape index (κ2) is 44.7. The van der Waals surface area contributed by atoms with Gasteiger partial charge in [0.25, 0.3) is 11.8 Å². The first-order valence-electron chi connectivity index (χ1n) is 53.5. The summed E-state index contributed by atoms with van der Waals surface area (Å²) in [5.74, 6) is 5.01. The number of piperidine rings is 2. The molecule has 0 radical (unpaired) electrons. The van der Waals surface area contributed by atoms with Gasteiger partial charge in [0.1, 0.15) is 12.1 Å². The maximum atomic E-state index is 14.2. The minimum absolute atomic E-state index is 0.0274. The molecular formula is C114H157N11O13S. The van der Waals surface area contributed by atoms with Crippen molar-refractivity contribution in [1.29, 1.82) is 0 Å². The molecule has 4 aromatic carbocycles. The molecule has 25 heteroatoms. The van der Waals surface area contributed by atoms with Crippen LogP contribution in [0.3, 0.4) is 0 Å². The lowest BCUT2D eigenvalue weighted by molar-refractivity contribution is -0.124. The number of amides is 8. The van der Waals surface area contributed by atoms with E-state index in [-0.39, 0.29) is 124 Å². The zero-order valence-corrected chi connectivity index (χ0v) is 84.5. The molecule has 6 aliphatic heterocycles. The van der Waals surface area contributed by atoms with Crippen molar-refractivity contribution in [3.63, 3.8) is 0 Å². The van der Waals surface area contributed by atoms with Crippen molar-refractivity contribution >= 4 is 64.8 Å². The number of thioether (sulfide) groups is 1. The monoisotopic (exact) mass is 1920 g/mol. The van der Waals surface area contributed by atoms with Crippen molar-refractivity contribution in [3.8, 4) is 0 Å². The SMILES string of the molecule is CC1=C2C[C@H]3[C@@H](CC=C4C[C@@H](O)CC[C@@]43C)[C@@H]2CC[C@]12O[C@@H]1C[C@H](C)CN(CCNC(=O)C(CCCCN)NC(=O)c3ccc(C(=O)c4ccccc4)cc3)[C@H]1[C@H]2C.CC1=C2C[C@H]3[C@@H](CC=C4C[C@@H](O)CC[C@@]43C)[C@@H]2CC[C@]12O[C@@H]1C[C@H](C)CN(CCNC(=O)C(CCCCNC(=O)CCCCCNC(=O)CCCC[C@@H]3SC[C@@H]4NC(=O)N[C@@H]43)NC(=O)c3ccc(C(=O)c4ccccc4)cc3)[C@H]1[C@H]2C. The Balaban J connectivity index is 0.000000203. The second-order valence-electron chi connectivity index (χ2n) is 44.8. The molecule has 25 atom stereocenters. The lowest BCUT2D eigenvalue weighted by Crippen LogP contribution is -2.55. The molecule has 0 aromatic heterocycles. The van der Waals surface area contributed by atoms with Crippen LogP contribution in [-0.2, 0) is 28.7 Å². The maximum absolute atomic E-state index is 14.2. The predicted octanol–water partition coefficient (Wildman–Crippen LogP) is 15.5. The Bertz CT molecular complexity index is 5200. The number of carbonyl (C=O) groups excluding carboxylic acids is 9. The number of likely N-dealkylation sites (tertiary alicyclic amines) is 2. The van der Waals surface area contributed by atoms with Crippen LogP contribution < -0.4 is 48.3 Å². The number of carbonyl (C=O) groups is 9. The number of unbranched alkanes of at least 4 members (excludes halogenated alkanes) is 5. The molecule has 12 N–H and O–H groups in total. The molecule has 24 nitrogen and oxygen atoms in total. The van der Waals surface area contributed by atoms with E-state index in [2.05, 4.69) is 120 Å². The molecule has 8 aliphatic carbocycles. The van der Waals surface area contributed by atoms with Crippen molar-refractivity contribution in [2.75, 3.05) is 64.7 Å². The third kappa shape index (κ3) is 21.9. The number of nitrogens with zero attached hydrogens (tertiary/aromatic N) is 2. The van der Waals surface area contributed by atoms with Gasteiger partial charge in [-0.05, 0) is 281 Å². The summed E-state index contributed by atoms with van der Waals surface area (Å²) < 4.78 is 14.8. The summed E-state index contributed by atoms with van der Waals surface area (Å²) in [4.78, 5) is 123. The van der Waals surface area contributed by atoms with E-state index in [1.807, 2.05) is 48.2 Å². The zero-order chi connectivity index (χ0) is 97.6. The molecule has 18 rings (SSSR count). The molecule has 2 spiro atoms. The van der Waals surface area contributed by atoms with E-state index in [4.69, 9.17) is 15.2 Å². The van der Waals surface area contributed by atoms with Gasteiger partial charge in [0, 0.05) is 134 Å². The summed E-state index contributed by atoms with van der Waals surface area (Å²) in [5, 5.41) is 46.0. The predicted molar refractivity (Wildman–Crippen MR) is 544 cm³/mol. The smallest absolute Gasteiger partial charge is 0.315 e. The van der Waals surface area contributed by atoms with Crippen LogP contribution in [0, 0.1) is 70.0 Å². The summed E-state index contributed by atoms with van der Waals surface area (Å²) in [5.41, 5.74) is 17.9. The normalized spacial score (nSPS) is 33.3. The Morgan fingerprint density at radius 2 is 0.935 bits per heavy atom. The molecule has 4 aromatic rings. The number of urea groups is 1. The van der Waals surface area contributed by atoms with Crippen molar-refractivity contribution in [2.24, 2.45) is 75.7 Å². The van der Waals surface area contributed by atoms with Crippen molar-refractivity contribution in [2.45, 2.75) is 325 Å². The third-order valence-corrected chi connectivity index (χ3v) is 37.9. The van der Waals surface area contributed by atoms with Gasteiger partial charge in [-0.15, -0.1) is 0 Å². The van der Waals surface area contributed by atoms with Gasteiger partial charge < -0.3 is 68.0 Å². The average Bonchev–Trinajstić information content (AvgIpc) is 1.55. The Morgan fingerprint density at radius 1 is 0.504 bits per heavy atom. The van der Waals surface area contributed by atoms with E-state index in [1.165, 1.54) is 35.1 Å². The van der Waals surface area contributed by atoms with Crippen LogP contribution >= 0.6 is 11.8 Å². The molecule has 10 fully saturated rings. The average molecular weight is 1920 g/mol. The number of nitrogens with two attached hydrogens (primary N) is 1. The van der Waals surface area contributed by atoms with Gasteiger partial charge in [-0.3, -0.25) is 48.2 Å². The molecule has 14 aliphatic rings. The molecule has 752 valence electrons. The number of hydrogen-bond donors (Lipinski definition) is 11. The number of nitrogens with one attached hydrogen (secondary N) is 8. The Labute approximate surface area is 828 Å². The fourth-order valence-corrected chi connectivity index (χ4v) is 30.4. The highest BCUT2D eigenvalue weighted by Crippen LogP contribution is 2.68. The van der Waals surface area contributed by atoms with Crippen molar-refractivity contribution in [3.05, 3.63) is 188 Å². The molecule has 139 heavy (non-hydrogen) atoms. The van der Waals surface area contributed by atoms with Crippen LogP contribution in [0.2, 0.25) is 0 Å². The van der Waals surface area contributed by atoms with E-state index in [0.29, 0.717) is 170 Å². The fourth-order valence-electron chi connectivity index (χ4n) is 28.9. The van der Waals surface area contributed by atoms with Gasteiger partial charge in [-0.2, -0.15) is 11.8 Å². The highest BCUT2D eigenvalue weighted by molar-refractivity contribution is 8.00. The third-order valence-electron chi connectivity index (χ3n) is 36.4. The van der Waals surface area contributed by atoms with E-state index in [0.717, 1.165) is 167 Å². The summed E-state index contributed by atoms with van der Waals surface area (Å²) in [6, 6.07) is 30.6. The van der Waals surface area contributed by atoms with E-state index in [1.54, 1.807) is 83.9 Å². The quantitative estimate of drug-likeness (QED) is 0.00872. The summed E-state index contributed by atoms with van der Waals surface area (Å²) in [6.45, 7) is 25.0. The highest BCUT2D eigenvalue weighted by atomic mass is 32.2. The number of rotatable bonds is 36. The van der Waals surface area contributed by atoms with Crippen LogP contribution in [0.1, 0.15) is 301 Å². The summed E-state index contributed by atoms with van der Waals surface area (Å²) >= 11 is 1.89. The fraction of sp³-hybridized carbons (Fsp3) is 0.640. The Morgan fingerprint density at radius 3 is 1.40 bits per heavy atom. The molecule has 6 heterocycles. The van der Waals surface area contributed by atoms with Gasteiger partial charge in [-0.25, -0.2) is 4.79 Å². The Hall–Kier alpha value is -8.66. The first-order valence-corrected chi connectivity index (χ1v) is 54.6. The van der Waals surface area contributed by atoms with E-state index in [9.17, 15) is 53.4 Å². The zero-order valence-electron chi connectivity index (χ0n) is 83.7. The van der Waals surface area contributed by atoms with Gasteiger partial charge >= 0.3 is 6.03 Å². The Kier molecular flexibility index (Phi) is 32.7. The van der Waals surface area contributed by atoms with Crippen LogP contribution in [0.25, 0.3) is 0 Å². The number of benzene rings is 4. The molecule has 2 unspecified atom stereocenters. The molecule has 0 bridgehead atoms. The second-order valence-corrected chi connectivity index (χ2v) is 46.0. The summed E-state index contributed by atoms with van der Waals surface area (Å²) in [7, 11) is 0. The van der Waals surface area contributed by atoms with E-state index < -0.39 is 18.0 Å². The maximum Gasteiger partial charge on any atom is 0.315 e. The lowest BCUT2D eigenvalue weighted by Gasteiger charge is -2.49.